The van der Waals surface area contributed by atoms with Gasteiger partial charge in [0.15, 0.2) is 5.69 Å². The fourth-order valence-electron chi connectivity index (χ4n) is 4.48. The summed E-state index contributed by atoms with van der Waals surface area (Å²) in [4.78, 5) is 22.8. The van der Waals surface area contributed by atoms with Gasteiger partial charge in [0.2, 0.25) is 0 Å². The van der Waals surface area contributed by atoms with Crippen molar-refractivity contribution in [2.45, 2.75) is 13.1 Å². The van der Waals surface area contributed by atoms with E-state index in [1.165, 1.54) is 0 Å². The maximum atomic E-state index is 13.4. The van der Waals surface area contributed by atoms with E-state index in [-0.39, 0.29) is 18.1 Å². The van der Waals surface area contributed by atoms with E-state index in [1.54, 1.807) is 10.9 Å². The van der Waals surface area contributed by atoms with Crippen LogP contribution in [-0.4, -0.2) is 30.9 Å². The number of amides is 1. The zero-order valence-electron chi connectivity index (χ0n) is 19.7. The Balaban J connectivity index is 1.34. The van der Waals surface area contributed by atoms with Crippen molar-refractivity contribution in [2.75, 3.05) is 0 Å². The van der Waals surface area contributed by atoms with E-state index in [0.717, 1.165) is 38.6 Å². The largest absolute Gasteiger partial charge is 0.345 e. The average molecular weight is 505 g/mol. The molecule has 180 valence electrons. The lowest BCUT2D eigenvalue weighted by molar-refractivity contribution is 0.0946. The summed E-state index contributed by atoms with van der Waals surface area (Å²) in [6.45, 7) is 0.648. The number of pyridine rings is 2. The van der Waals surface area contributed by atoms with E-state index in [9.17, 15) is 4.79 Å². The number of hydrogen-bond donors (Lipinski definition) is 1. The molecule has 0 saturated heterocycles. The third-order valence-corrected chi connectivity index (χ3v) is 6.40. The van der Waals surface area contributed by atoms with Gasteiger partial charge in [0.05, 0.1) is 29.8 Å². The Kier molecular flexibility index (Phi) is 6.04. The second-order valence-corrected chi connectivity index (χ2v) is 9.03. The van der Waals surface area contributed by atoms with Gasteiger partial charge in [0.25, 0.3) is 5.91 Å². The van der Waals surface area contributed by atoms with Gasteiger partial charge < -0.3 is 5.32 Å². The minimum Gasteiger partial charge on any atom is -0.345 e. The van der Waals surface area contributed by atoms with E-state index in [0.29, 0.717) is 17.3 Å². The molecule has 3 aromatic heterocycles. The molecule has 1 N–H and O–H groups in total. The number of carbonyl (C=O) groups excluding carboxylic acids is 1. The third kappa shape index (κ3) is 4.52. The highest BCUT2D eigenvalue weighted by Crippen LogP contribution is 2.26. The number of hydrogen-bond acceptors (Lipinski definition) is 5. The molecule has 0 spiro atoms. The van der Waals surface area contributed by atoms with Gasteiger partial charge in [-0.3, -0.25) is 14.8 Å². The summed E-state index contributed by atoms with van der Waals surface area (Å²) in [5, 5.41) is 14.1. The molecule has 8 heteroatoms. The fourth-order valence-corrected chi connectivity index (χ4v) is 4.69. The van der Waals surface area contributed by atoms with Crippen molar-refractivity contribution < 1.29 is 4.79 Å². The highest BCUT2D eigenvalue weighted by molar-refractivity contribution is 6.30. The first kappa shape index (κ1) is 22.8. The Morgan fingerprint density at radius 1 is 0.892 bits per heavy atom. The molecule has 0 atom stereocenters. The van der Waals surface area contributed by atoms with Crippen LogP contribution in [0.25, 0.3) is 33.1 Å². The molecule has 37 heavy (non-hydrogen) atoms. The number of para-hydroxylation sites is 1. The highest BCUT2D eigenvalue weighted by Gasteiger charge is 2.22. The number of benzene rings is 3. The normalized spacial score (nSPS) is 11.2. The molecule has 6 aromatic rings. The first-order valence-electron chi connectivity index (χ1n) is 11.8. The summed E-state index contributed by atoms with van der Waals surface area (Å²) in [6, 6.07) is 28.9. The predicted octanol–water partition coefficient (Wildman–Crippen LogP) is 5.67. The van der Waals surface area contributed by atoms with E-state index >= 15 is 0 Å². The van der Waals surface area contributed by atoms with E-state index in [1.807, 2.05) is 91.0 Å². The average Bonchev–Trinajstić information content (AvgIpc) is 3.35. The molecule has 0 bridgehead atoms. The van der Waals surface area contributed by atoms with Crippen LogP contribution in [-0.2, 0) is 13.1 Å². The number of carbonyl (C=O) groups is 1. The Morgan fingerprint density at radius 3 is 2.57 bits per heavy atom. The van der Waals surface area contributed by atoms with Crippen LogP contribution in [0.1, 0.15) is 21.7 Å². The molecule has 7 nitrogen and oxygen atoms in total. The summed E-state index contributed by atoms with van der Waals surface area (Å²) in [5.41, 5.74) is 5.11. The molecule has 0 saturated carbocycles. The van der Waals surface area contributed by atoms with E-state index < -0.39 is 0 Å². The summed E-state index contributed by atoms with van der Waals surface area (Å²) in [6.07, 6.45) is 1.77. The number of fused-ring (bicyclic) bond motifs is 3. The lowest BCUT2D eigenvalue weighted by atomic mass is 10.1. The monoisotopic (exact) mass is 504 g/mol. The van der Waals surface area contributed by atoms with E-state index in [2.05, 4.69) is 20.6 Å². The maximum Gasteiger partial charge on any atom is 0.274 e. The standard InChI is InChI=1S/C29H21ClN6O/c30-21-11-6-8-19(16-21)18-36-28(20-9-2-1-3-10-20)27(34-35-36)29(37)32-17-25-23-13-7-15-31-26(23)22-12-4-5-14-24(22)33-25/h1-16H,17-18H2,(H,32,37). The van der Waals surface area contributed by atoms with Crippen molar-refractivity contribution in [3.63, 3.8) is 0 Å². The van der Waals surface area contributed by atoms with Crippen LogP contribution in [0.4, 0.5) is 0 Å². The summed E-state index contributed by atoms with van der Waals surface area (Å²) >= 11 is 6.18. The van der Waals surface area contributed by atoms with Gasteiger partial charge in [-0.15, -0.1) is 5.10 Å². The molecule has 0 aliphatic rings. The first-order chi connectivity index (χ1) is 18.2. The van der Waals surface area contributed by atoms with Gasteiger partial charge in [-0.2, -0.15) is 0 Å². The highest BCUT2D eigenvalue weighted by atomic mass is 35.5. The van der Waals surface area contributed by atoms with Crippen LogP contribution in [0, 0.1) is 0 Å². The second kappa shape index (κ2) is 9.79. The lowest BCUT2D eigenvalue weighted by Gasteiger charge is -2.11. The maximum absolute atomic E-state index is 13.4. The minimum atomic E-state index is -0.330. The number of aromatic nitrogens is 5. The first-order valence-corrected chi connectivity index (χ1v) is 12.2. The quantitative estimate of drug-likeness (QED) is 0.295. The number of nitrogens with one attached hydrogen (secondary N) is 1. The zero-order chi connectivity index (χ0) is 25.2. The Hall–Kier alpha value is -4.62. The van der Waals surface area contributed by atoms with Crippen LogP contribution >= 0.6 is 11.6 Å². The third-order valence-electron chi connectivity index (χ3n) is 6.17. The van der Waals surface area contributed by atoms with Gasteiger partial charge in [-0.25, -0.2) is 4.68 Å². The van der Waals surface area contributed by atoms with Crippen LogP contribution in [0.2, 0.25) is 5.02 Å². The molecular weight excluding hydrogens is 484 g/mol. The molecule has 0 aliphatic heterocycles. The minimum absolute atomic E-state index is 0.223. The van der Waals surface area contributed by atoms with Crippen molar-refractivity contribution in [3.8, 4) is 11.3 Å². The van der Waals surface area contributed by atoms with Crippen LogP contribution in [0.3, 0.4) is 0 Å². The zero-order valence-corrected chi connectivity index (χ0v) is 20.4. The summed E-state index contributed by atoms with van der Waals surface area (Å²) < 4.78 is 1.73. The topological polar surface area (TPSA) is 85.6 Å². The molecular formula is C29H21ClN6O. The Morgan fingerprint density at radius 2 is 1.70 bits per heavy atom. The fraction of sp³-hybridized carbons (Fsp3) is 0.0690. The van der Waals surface area contributed by atoms with Crippen molar-refractivity contribution in [3.05, 3.63) is 119 Å². The van der Waals surface area contributed by atoms with Gasteiger partial charge >= 0.3 is 0 Å². The molecule has 0 unspecified atom stereocenters. The molecule has 3 heterocycles. The van der Waals surface area contributed by atoms with Crippen molar-refractivity contribution in [1.29, 1.82) is 0 Å². The van der Waals surface area contributed by atoms with Gasteiger partial charge in [-0.1, -0.05) is 77.5 Å². The van der Waals surface area contributed by atoms with Gasteiger partial charge in [0.1, 0.15) is 5.69 Å². The summed E-state index contributed by atoms with van der Waals surface area (Å²) in [5.74, 6) is -0.330. The van der Waals surface area contributed by atoms with Crippen molar-refractivity contribution in [1.82, 2.24) is 30.3 Å². The lowest BCUT2D eigenvalue weighted by Crippen LogP contribution is -2.24. The van der Waals surface area contributed by atoms with Crippen molar-refractivity contribution in [2.24, 2.45) is 0 Å². The van der Waals surface area contributed by atoms with E-state index in [4.69, 9.17) is 16.6 Å². The molecule has 0 aliphatic carbocycles. The second-order valence-electron chi connectivity index (χ2n) is 8.60. The molecule has 0 radical (unpaired) electrons. The molecule has 0 fully saturated rings. The van der Waals surface area contributed by atoms with Crippen LogP contribution in [0.15, 0.2) is 97.2 Å². The number of rotatable bonds is 6. The number of nitrogens with zero attached hydrogens (tertiary/aromatic N) is 5. The van der Waals surface area contributed by atoms with Gasteiger partial charge in [-0.05, 0) is 35.9 Å². The summed E-state index contributed by atoms with van der Waals surface area (Å²) in [7, 11) is 0. The Bertz CT molecular complexity index is 1750. The molecule has 6 rings (SSSR count). The predicted molar refractivity (Wildman–Crippen MR) is 144 cm³/mol. The Labute approximate surface area is 217 Å². The SMILES string of the molecule is O=C(NCc1nc2ccccc2c2ncccc12)c1nnn(Cc2cccc(Cl)c2)c1-c1ccccc1. The molecule has 1 amide bonds. The number of halogens is 1. The smallest absolute Gasteiger partial charge is 0.274 e. The van der Waals surface area contributed by atoms with Crippen LogP contribution < -0.4 is 5.32 Å². The van der Waals surface area contributed by atoms with Crippen molar-refractivity contribution >= 4 is 39.3 Å². The van der Waals surface area contributed by atoms with Gasteiger partial charge in [0, 0.05) is 27.6 Å². The van der Waals surface area contributed by atoms with Crippen LogP contribution in [0.5, 0.6) is 0 Å². The molecule has 3 aromatic carbocycles.